The second-order valence-corrected chi connectivity index (χ2v) is 5.58. The first kappa shape index (κ1) is 13.5. The van der Waals surface area contributed by atoms with Gasteiger partial charge in [-0.2, -0.15) is 5.10 Å². The van der Waals surface area contributed by atoms with E-state index in [0.717, 1.165) is 44.8 Å². The molecular weight excluding hydrogens is 228 g/mol. The Balaban J connectivity index is 1.85. The molecule has 0 spiro atoms. The first-order valence-corrected chi connectivity index (χ1v) is 6.85. The number of hydrogen-bond donors (Lipinski definition) is 1. The Labute approximate surface area is 109 Å². The highest BCUT2D eigenvalue weighted by Gasteiger charge is 2.28. The van der Waals surface area contributed by atoms with Crippen LogP contribution in [0.25, 0.3) is 0 Å². The lowest BCUT2D eigenvalue weighted by atomic mass is 9.94. The lowest BCUT2D eigenvalue weighted by Crippen LogP contribution is -2.43. The number of rotatable bonds is 5. The molecule has 18 heavy (non-hydrogen) atoms. The minimum absolute atomic E-state index is 0.00694. The summed E-state index contributed by atoms with van der Waals surface area (Å²) in [6.45, 7) is 9.03. The molecule has 0 saturated carbocycles. The van der Waals surface area contributed by atoms with Gasteiger partial charge in [0.2, 0.25) is 0 Å². The minimum atomic E-state index is -0.00694. The van der Waals surface area contributed by atoms with E-state index in [1.807, 2.05) is 4.68 Å². The zero-order valence-electron chi connectivity index (χ0n) is 11.6. The molecule has 1 atom stereocenters. The zero-order valence-corrected chi connectivity index (χ0v) is 11.6. The first-order valence-electron chi connectivity index (χ1n) is 6.85. The molecule has 5 nitrogen and oxygen atoms in total. The molecule has 1 saturated heterocycles. The Morgan fingerprint density at radius 2 is 2.39 bits per heavy atom. The maximum Gasteiger partial charge on any atom is 0.140 e. The van der Waals surface area contributed by atoms with Crippen LogP contribution in [0.2, 0.25) is 0 Å². The van der Waals surface area contributed by atoms with E-state index in [0.29, 0.717) is 6.04 Å². The lowest BCUT2D eigenvalue weighted by Gasteiger charge is -2.35. The normalized spacial score (nSPS) is 23.2. The smallest absolute Gasteiger partial charge is 0.140 e. The molecule has 1 unspecified atom stereocenters. The number of hydrogen-bond acceptors (Lipinski definition) is 4. The number of aryl methyl sites for hydroxylation is 1. The SMILES string of the molecule is CCCn1ncnc1CNC1CCOC(C)(C)C1. The molecule has 1 aromatic rings. The van der Waals surface area contributed by atoms with Crippen LogP contribution >= 0.6 is 0 Å². The van der Waals surface area contributed by atoms with Crippen molar-refractivity contribution >= 4 is 0 Å². The summed E-state index contributed by atoms with van der Waals surface area (Å²) < 4.78 is 7.71. The van der Waals surface area contributed by atoms with Gasteiger partial charge in [-0.25, -0.2) is 9.67 Å². The lowest BCUT2D eigenvalue weighted by molar-refractivity contribution is -0.0631. The molecule has 0 aliphatic carbocycles. The summed E-state index contributed by atoms with van der Waals surface area (Å²) in [4.78, 5) is 4.31. The molecule has 2 heterocycles. The van der Waals surface area contributed by atoms with Crippen molar-refractivity contribution in [3.05, 3.63) is 12.2 Å². The van der Waals surface area contributed by atoms with Gasteiger partial charge in [0.05, 0.1) is 12.1 Å². The maximum absolute atomic E-state index is 5.72. The average Bonchev–Trinajstić information content (AvgIpc) is 2.73. The molecule has 0 amide bonds. The predicted octanol–water partition coefficient (Wildman–Crippen LogP) is 1.74. The average molecular weight is 252 g/mol. The minimum Gasteiger partial charge on any atom is -0.375 e. The molecule has 0 radical (unpaired) electrons. The Morgan fingerprint density at radius 1 is 1.56 bits per heavy atom. The molecule has 102 valence electrons. The largest absolute Gasteiger partial charge is 0.375 e. The third-order valence-electron chi connectivity index (χ3n) is 3.38. The van der Waals surface area contributed by atoms with Crippen LogP contribution in [-0.2, 0) is 17.8 Å². The molecule has 0 aromatic carbocycles. The van der Waals surface area contributed by atoms with Gasteiger partial charge in [-0.05, 0) is 33.1 Å². The predicted molar refractivity (Wildman–Crippen MR) is 70.2 cm³/mol. The van der Waals surface area contributed by atoms with Crippen molar-refractivity contribution in [3.63, 3.8) is 0 Å². The molecule has 1 aromatic heterocycles. The van der Waals surface area contributed by atoms with Crippen LogP contribution in [0.4, 0.5) is 0 Å². The Morgan fingerprint density at radius 3 is 3.11 bits per heavy atom. The molecule has 1 aliphatic heterocycles. The van der Waals surface area contributed by atoms with Crippen molar-refractivity contribution in [1.82, 2.24) is 20.1 Å². The number of aromatic nitrogens is 3. The summed E-state index contributed by atoms with van der Waals surface area (Å²) >= 11 is 0. The highest BCUT2D eigenvalue weighted by Crippen LogP contribution is 2.23. The second kappa shape index (κ2) is 5.80. The van der Waals surface area contributed by atoms with E-state index in [1.54, 1.807) is 6.33 Å². The number of nitrogens with zero attached hydrogens (tertiary/aromatic N) is 3. The highest BCUT2D eigenvalue weighted by molar-refractivity contribution is 4.88. The molecule has 5 heteroatoms. The van der Waals surface area contributed by atoms with Crippen LogP contribution in [0.3, 0.4) is 0 Å². The second-order valence-electron chi connectivity index (χ2n) is 5.58. The monoisotopic (exact) mass is 252 g/mol. The Bertz CT molecular complexity index is 375. The molecule has 1 fully saturated rings. The topological polar surface area (TPSA) is 52.0 Å². The van der Waals surface area contributed by atoms with Gasteiger partial charge in [0.25, 0.3) is 0 Å². The standard InChI is InChI=1S/C13H24N4O/c1-4-6-17-12(15-10-16-17)9-14-11-5-7-18-13(2,3)8-11/h10-11,14H,4-9H2,1-3H3. The molecular formula is C13H24N4O. The fourth-order valence-corrected chi connectivity index (χ4v) is 2.47. The maximum atomic E-state index is 5.72. The first-order chi connectivity index (χ1) is 8.61. The summed E-state index contributed by atoms with van der Waals surface area (Å²) in [6.07, 6.45) is 4.85. The van der Waals surface area contributed by atoms with Crippen molar-refractivity contribution in [2.24, 2.45) is 0 Å². The quantitative estimate of drug-likeness (QED) is 0.867. The van der Waals surface area contributed by atoms with Crippen LogP contribution in [0, 0.1) is 0 Å². The van der Waals surface area contributed by atoms with Crippen molar-refractivity contribution < 1.29 is 4.74 Å². The Hall–Kier alpha value is -0.940. The molecule has 1 N–H and O–H groups in total. The third kappa shape index (κ3) is 3.53. The van der Waals surface area contributed by atoms with Crippen molar-refractivity contribution in [3.8, 4) is 0 Å². The van der Waals surface area contributed by atoms with Gasteiger partial charge in [-0.1, -0.05) is 6.92 Å². The van der Waals surface area contributed by atoms with Gasteiger partial charge < -0.3 is 10.1 Å². The summed E-state index contributed by atoms with van der Waals surface area (Å²) in [5.74, 6) is 1.03. The zero-order chi connectivity index (χ0) is 13.0. The van der Waals surface area contributed by atoms with Crippen LogP contribution in [0.5, 0.6) is 0 Å². The van der Waals surface area contributed by atoms with E-state index in [-0.39, 0.29) is 5.60 Å². The van der Waals surface area contributed by atoms with E-state index >= 15 is 0 Å². The number of nitrogens with one attached hydrogen (secondary N) is 1. The van der Waals surface area contributed by atoms with Crippen LogP contribution in [0.15, 0.2) is 6.33 Å². The third-order valence-corrected chi connectivity index (χ3v) is 3.38. The summed E-state index contributed by atoms with van der Waals surface area (Å²) in [5.41, 5.74) is -0.00694. The molecule has 0 bridgehead atoms. The van der Waals surface area contributed by atoms with Gasteiger partial charge in [-0.3, -0.25) is 0 Å². The van der Waals surface area contributed by atoms with Crippen LogP contribution in [0.1, 0.15) is 45.9 Å². The summed E-state index contributed by atoms with van der Waals surface area (Å²) in [7, 11) is 0. The van der Waals surface area contributed by atoms with Crippen molar-refractivity contribution in [2.75, 3.05) is 6.61 Å². The summed E-state index contributed by atoms with van der Waals surface area (Å²) in [6, 6.07) is 0.514. The molecule has 2 rings (SSSR count). The van der Waals surface area contributed by atoms with Gasteiger partial charge >= 0.3 is 0 Å². The van der Waals surface area contributed by atoms with E-state index in [1.165, 1.54) is 0 Å². The fraction of sp³-hybridized carbons (Fsp3) is 0.846. The van der Waals surface area contributed by atoms with E-state index in [4.69, 9.17) is 4.74 Å². The van der Waals surface area contributed by atoms with Crippen LogP contribution in [-0.4, -0.2) is 33.0 Å². The Kier molecular flexibility index (Phi) is 4.35. The number of ether oxygens (including phenoxy) is 1. The van der Waals surface area contributed by atoms with E-state index in [9.17, 15) is 0 Å². The van der Waals surface area contributed by atoms with Crippen LogP contribution < -0.4 is 5.32 Å². The van der Waals surface area contributed by atoms with Gasteiger partial charge in [0.15, 0.2) is 0 Å². The fourth-order valence-electron chi connectivity index (χ4n) is 2.47. The van der Waals surface area contributed by atoms with Crippen molar-refractivity contribution in [1.29, 1.82) is 0 Å². The van der Waals surface area contributed by atoms with Gasteiger partial charge in [0, 0.05) is 19.2 Å². The van der Waals surface area contributed by atoms with Gasteiger partial charge in [0.1, 0.15) is 12.2 Å². The van der Waals surface area contributed by atoms with Crippen molar-refractivity contribution in [2.45, 2.75) is 64.8 Å². The van der Waals surface area contributed by atoms with Gasteiger partial charge in [-0.15, -0.1) is 0 Å². The highest BCUT2D eigenvalue weighted by atomic mass is 16.5. The molecule has 1 aliphatic rings. The van der Waals surface area contributed by atoms with E-state index < -0.39 is 0 Å². The summed E-state index contributed by atoms with van der Waals surface area (Å²) in [5, 5.41) is 7.81. The van der Waals surface area contributed by atoms with E-state index in [2.05, 4.69) is 36.2 Å².